The zero-order valence-electron chi connectivity index (χ0n) is 11.3. The average molecular weight is 256 g/mol. The van der Waals surface area contributed by atoms with Gasteiger partial charge in [0.15, 0.2) is 0 Å². The molecule has 0 aliphatic carbocycles. The number of rotatable bonds is 7. The van der Waals surface area contributed by atoms with Crippen LogP contribution in [0.15, 0.2) is 48.7 Å². The molecule has 1 aromatic heterocycles. The van der Waals surface area contributed by atoms with E-state index in [9.17, 15) is 0 Å². The van der Waals surface area contributed by atoms with Crippen molar-refractivity contribution in [2.24, 2.45) is 0 Å². The van der Waals surface area contributed by atoms with E-state index in [0.717, 1.165) is 31.0 Å². The van der Waals surface area contributed by atoms with Gasteiger partial charge in [0, 0.05) is 12.7 Å². The molecule has 2 rings (SSSR count). The zero-order chi connectivity index (χ0) is 13.3. The van der Waals surface area contributed by atoms with Gasteiger partial charge >= 0.3 is 0 Å². The van der Waals surface area contributed by atoms with Crippen LogP contribution in [0.4, 0.5) is 0 Å². The van der Waals surface area contributed by atoms with Crippen LogP contribution in [0.5, 0.6) is 5.75 Å². The van der Waals surface area contributed by atoms with Gasteiger partial charge in [0.25, 0.3) is 0 Å². The van der Waals surface area contributed by atoms with Crippen LogP contribution < -0.4 is 10.1 Å². The molecule has 0 unspecified atom stereocenters. The van der Waals surface area contributed by atoms with E-state index in [1.54, 1.807) is 6.20 Å². The topological polar surface area (TPSA) is 34.1 Å². The lowest BCUT2D eigenvalue weighted by Crippen LogP contribution is -2.13. The average Bonchev–Trinajstić information content (AvgIpc) is 2.48. The second kappa shape index (κ2) is 7.54. The van der Waals surface area contributed by atoms with E-state index in [-0.39, 0.29) is 0 Å². The molecule has 0 aliphatic rings. The van der Waals surface area contributed by atoms with Crippen LogP contribution in [0, 0.1) is 0 Å². The number of nitrogens with zero attached hydrogens (tertiary/aromatic N) is 1. The van der Waals surface area contributed by atoms with Crippen molar-refractivity contribution in [3.63, 3.8) is 0 Å². The normalized spacial score (nSPS) is 10.4. The number of aromatic nitrogens is 1. The molecule has 2 aromatic rings. The first-order chi connectivity index (χ1) is 9.38. The Balaban J connectivity index is 1.81. The van der Waals surface area contributed by atoms with Gasteiger partial charge in [-0.05, 0) is 42.8 Å². The summed E-state index contributed by atoms with van der Waals surface area (Å²) in [6.07, 6.45) is 2.94. The molecule has 0 atom stereocenters. The fraction of sp³-hybridized carbons (Fsp3) is 0.312. The molecule has 0 radical (unpaired) electrons. The van der Waals surface area contributed by atoms with Crippen molar-refractivity contribution in [3.05, 3.63) is 59.9 Å². The Morgan fingerprint density at radius 1 is 1.11 bits per heavy atom. The largest absolute Gasteiger partial charge is 0.487 e. The van der Waals surface area contributed by atoms with Crippen molar-refractivity contribution >= 4 is 0 Å². The molecule has 0 saturated carbocycles. The van der Waals surface area contributed by atoms with Gasteiger partial charge in [-0.1, -0.05) is 25.1 Å². The summed E-state index contributed by atoms with van der Waals surface area (Å²) in [5, 5.41) is 3.38. The number of ether oxygens (including phenoxy) is 1. The summed E-state index contributed by atoms with van der Waals surface area (Å²) >= 11 is 0. The van der Waals surface area contributed by atoms with Crippen LogP contribution in [0.25, 0.3) is 0 Å². The van der Waals surface area contributed by atoms with Gasteiger partial charge < -0.3 is 10.1 Å². The fourth-order valence-electron chi connectivity index (χ4n) is 1.75. The monoisotopic (exact) mass is 256 g/mol. The predicted molar refractivity (Wildman–Crippen MR) is 77.0 cm³/mol. The molecule has 0 saturated heterocycles. The smallest absolute Gasteiger partial charge is 0.130 e. The fourth-order valence-corrected chi connectivity index (χ4v) is 1.75. The highest BCUT2D eigenvalue weighted by Crippen LogP contribution is 2.13. The Labute approximate surface area is 114 Å². The molecule has 0 bridgehead atoms. The summed E-state index contributed by atoms with van der Waals surface area (Å²) in [4.78, 5) is 4.23. The minimum atomic E-state index is 0.508. The van der Waals surface area contributed by atoms with Crippen molar-refractivity contribution < 1.29 is 4.74 Å². The summed E-state index contributed by atoms with van der Waals surface area (Å²) in [7, 11) is 0. The van der Waals surface area contributed by atoms with Crippen molar-refractivity contribution in [1.82, 2.24) is 10.3 Å². The molecule has 0 spiro atoms. The standard InChI is InChI=1S/C16H20N2O/c1-2-10-17-12-14-6-8-16(9-7-14)19-13-15-5-3-4-11-18-15/h3-9,11,17H,2,10,12-13H2,1H3. The third-order valence-corrected chi connectivity index (χ3v) is 2.79. The lowest BCUT2D eigenvalue weighted by molar-refractivity contribution is 0.301. The molecule has 1 aromatic carbocycles. The number of hydrogen-bond acceptors (Lipinski definition) is 3. The highest BCUT2D eigenvalue weighted by Gasteiger charge is 1.97. The van der Waals surface area contributed by atoms with Crippen LogP contribution in [-0.4, -0.2) is 11.5 Å². The SMILES string of the molecule is CCCNCc1ccc(OCc2ccccn2)cc1. The third kappa shape index (κ3) is 4.72. The minimum absolute atomic E-state index is 0.508. The first-order valence-corrected chi connectivity index (χ1v) is 6.71. The van der Waals surface area contributed by atoms with E-state index >= 15 is 0 Å². The van der Waals surface area contributed by atoms with Crippen molar-refractivity contribution in [2.75, 3.05) is 6.54 Å². The maximum Gasteiger partial charge on any atom is 0.130 e. The Morgan fingerprint density at radius 2 is 1.95 bits per heavy atom. The van der Waals surface area contributed by atoms with Crippen LogP contribution in [0.1, 0.15) is 24.6 Å². The molecular formula is C16H20N2O. The molecule has 100 valence electrons. The van der Waals surface area contributed by atoms with Gasteiger partial charge in [0.1, 0.15) is 12.4 Å². The molecule has 1 heterocycles. The summed E-state index contributed by atoms with van der Waals surface area (Å²) in [6, 6.07) is 14.0. The van der Waals surface area contributed by atoms with Gasteiger partial charge in [-0.15, -0.1) is 0 Å². The number of nitrogens with one attached hydrogen (secondary N) is 1. The van der Waals surface area contributed by atoms with Gasteiger partial charge in [-0.2, -0.15) is 0 Å². The van der Waals surface area contributed by atoms with Gasteiger partial charge in [0.2, 0.25) is 0 Å². The Bertz CT molecular complexity index is 468. The molecule has 0 aliphatic heterocycles. The van der Waals surface area contributed by atoms with Gasteiger partial charge in [-0.25, -0.2) is 0 Å². The minimum Gasteiger partial charge on any atom is -0.487 e. The molecule has 0 fully saturated rings. The van der Waals surface area contributed by atoms with Crippen LogP contribution in [0.2, 0.25) is 0 Å². The summed E-state index contributed by atoms with van der Waals surface area (Å²) in [5.41, 5.74) is 2.22. The Morgan fingerprint density at radius 3 is 2.63 bits per heavy atom. The lowest BCUT2D eigenvalue weighted by Gasteiger charge is -2.07. The van der Waals surface area contributed by atoms with Crippen LogP contribution in [-0.2, 0) is 13.2 Å². The zero-order valence-corrected chi connectivity index (χ0v) is 11.3. The highest BCUT2D eigenvalue weighted by molar-refractivity contribution is 5.27. The van der Waals surface area contributed by atoms with Crippen LogP contribution >= 0.6 is 0 Å². The first-order valence-electron chi connectivity index (χ1n) is 6.71. The van der Waals surface area contributed by atoms with Crippen molar-refractivity contribution in [1.29, 1.82) is 0 Å². The second-order valence-electron chi connectivity index (χ2n) is 4.43. The van der Waals surface area contributed by atoms with Crippen molar-refractivity contribution in [3.8, 4) is 5.75 Å². The second-order valence-corrected chi connectivity index (χ2v) is 4.43. The van der Waals surface area contributed by atoms with E-state index in [2.05, 4.69) is 29.4 Å². The van der Waals surface area contributed by atoms with E-state index in [4.69, 9.17) is 4.74 Å². The Kier molecular flexibility index (Phi) is 5.38. The van der Waals surface area contributed by atoms with Crippen LogP contribution in [0.3, 0.4) is 0 Å². The summed E-state index contributed by atoms with van der Waals surface area (Å²) < 4.78 is 5.69. The highest BCUT2D eigenvalue weighted by atomic mass is 16.5. The molecule has 3 nitrogen and oxygen atoms in total. The maximum absolute atomic E-state index is 5.69. The molecule has 0 amide bonds. The van der Waals surface area contributed by atoms with Crippen molar-refractivity contribution in [2.45, 2.75) is 26.5 Å². The molecular weight excluding hydrogens is 236 g/mol. The number of pyridine rings is 1. The number of hydrogen-bond donors (Lipinski definition) is 1. The summed E-state index contributed by atoms with van der Waals surface area (Å²) in [6.45, 7) is 4.64. The maximum atomic E-state index is 5.69. The quantitative estimate of drug-likeness (QED) is 0.773. The number of benzene rings is 1. The molecule has 3 heteroatoms. The molecule has 1 N–H and O–H groups in total. The van der Waals surface area contributed by atoms with Gasteiger partial charge in [0.05, 0.1) is 5.69 Å². The van der Waals surface area contributed by atoms with E-state index < -0.39 is 0 Å². The molecule has 19 heavy (non-hydrogen) atoms. The van der Waals surface area contributed by atoms with Gasteiger partial charge in [-0.3, -0.25) is 4.98 Å². The lowest BCUT2D eigenvalue weighted by atomic mass is 10.2. The Hall–Kier alpha value is -1.87. The van der Waals surface area contributed by atoms with E-state index in [1.165, 1.54) is 5.56 Å². The predicted octanol–water partition coefficient (Wildman–Crippen LogP) is 3.16. The first kappa shape index (κ1) is 13.6. The van der Waals surface area contributed by atoms with E-state index in [0.29, 0.717) is 6.61 Å². The summed E-state index contributed by atoms with van der Waals surface area (Å²) in [5.74, 6) is 0.880. The van der Waals surface area contributed by atoms with E-state index in [1.807, 2.05) is 30.3 Å². The third-order valence-electron chi connectivity index (χ3n) is 2.79.